The number of nitrogens with one attached hydrogen (secondary N) is 2. The summed E-state index contributed by atoms with van der Waals surface area (Å²) in [6.07, 6.45) is 11.2. The number of guanidine groups is 1. The van der Waals surface area contributed by atoms with Crippen LogP contribution >= 0.6 is 24.0 Å². The van der Waals surface area contributed by atoms with Crippen LogP contribution < -0.4 is 10.6 Å². The number of rotatable bonds is 12. The van der Waals surface area contributed by atoms with Crippen molar-refractivity contribution in [3.63, 3.8) is 0 Å². The van der Waals surface area contributed by atoms with Gasteiger partial charge in [-0.2, -0.15) is 0 Å². The smallest absolute Gasteiger partial charge is 0.191 e. The molecule has 0 radical (unpaired) electrons. The van der Waals surface area contributed by atoms with E-state index in [1.165, 1.54) is 64.6 Å². The zero-order chi connectivity index (χ0) is 21.7. The van der Waals surface area contributed by atoms with Crippen molar-refractivity contribution in [1.82, 2.24) is 15.5 Å². The number of aliphatic imine (C=N–C) groups is 1. The summed E-state index contributed by atoms with van der Waals surface area (Å²) in [7, 11) is 0. The Hall–Kier alpha value is -0.800. The zero-order valence-electron chi connectivity index (χ0n) is 20.2. The minimum atomic E-state index is 0. The molecule has 32 heavy (non-hydrogen) atoms. The summed E-state index contributed by atoms with van der Waals surface area (Å²) in [5, 5.41) is 7.30. The molecule has 0 saturated carbocycles. The zero-order valence-corrected chi connectivity index (χ0v) is 22.5. The molecule has 3 rings (SSSR count). The Bertz CT molecular complexity index is 611. The van der Waals surface area contributed by atoms with Crippen molar-refractivity contribution in [2.75, 3.05) is 45.9 Å². The quantitative estimate of drug-likeness (QED) is 0.221. The van der Waals surface area contributed by atoms with Crippen LogP contribution in [0.5, 0.6) is 0 Å². The van der Waals surface area contributed by atoms with Gasteiger partial charge in [0.2, 0.25) is 0 Å². The maximum atomic E-state index is 5.55. The monoisotopic (exact) mass is 560 g/mol. The van der Waals surface area contributed by atoms with E-state index in [9.17, 15) is 0 Å². The lowest BCUT2D eigenvalue weighted by Gasteiger charge is -2.34. The molecular weight excluding hydrogens is 515 g/mol. The van der Waals surface area contributed by atoms with E-state index in [1.54, 1.807) is 6.26 Å². The largest absolute Gasteiger partial charge is 0.469 e. The van der Waals surface area contributed by atoms with Gasteiger partial charge in [-0.25, -0.2) is 0 Å². The highest BCUT2D eigenvalue weighted by atomic mass is 127. The molecule has 2 atom stereocenters. The first-order chi connectivity index (χ1) is 15.3. The molecule has 2 unspecified atom stereocenters. The Morgan fingerprint density at radius 1 is 1.25 bits per heavy atom. The van der Waals surface area contributed by atoms with Gasteiger partial charge in [-0.05, 0) is 49.7 Å². The topological polar surface area (TPSA) is 62.0 Å². The average molecular weight is 561 g/mol. The minimum Gasteiger partial charge on any atom is -0.469 e. The van der Waals surface area contributed by atoms with Gasteiger partial charge in [-0.3, -0.25) is 4.99 Å². The van der Waals surface area contributed by atoms with Gasteiger partial charge in [-0.15, -0.1) is 24.0 Å². The fraction of sp³-hybridized carbons (Fsp3) is 0.800. The number of unbranched alkanes of at least 4 members (excludes halogenated alkanes) is 1. The van der Waals surface area contributed by atoms with Crippen LogP contribution in [0.2, 0.25) is 0 Å². The standard InChI is InChI=1S/C25H44N4O2.HI/c1-3-5-7-21(4-2)18-27-25(26-13-9-24-8-6-16-31-24)28-23-10-14-29(15-11-23)19-22-12-17-30-20-22;/h6,8,16,21-23H,3-5,7,9-15,17-20H2,1-2H3,(H2,26,27,28);1H. The van der Waals surface area contributed by atoms with E-state index in [0.29, 0.717) is 12.0 Å². The summed E-state index contributed by atoms with van der Waals surface area (Å²) >= 11 is 0. The number of ether oxygens (including phenoxy) is 1. The first-order valence-electron chi connectivity index (χ1n) is 12.6. The fourth-order valence-electron chi connectivity index (χ4n) is 4.59. The van der Waals surface area contributed by atoms with Crippen LogP contribution in [0.3, 0.4) is 0 Å². The van der Waals surface area contributed by atoms with Gasteiger partial charge in [-0.1, -0.05) is 33.1 Å². The second kappa shape index (κ2) is 15.9. The number of hydrogen-bond acceptors (Lipinski definition) is 4. The van der Waals surface area contributed by atoms with Crippen LogP contribution in [0.25, 0.3) is 0 Å². The lowest BCUT2D eigenvalue weighted by Crippen LogP contribution is -2.49. The van der Waals surface area contributed by atoms with Crippen molar-refractivity contribution in [1.29, 1.82) is 0 Å². The van der Waals surface area contributed by atoms with Crippen molar-refractivity contribution >= 4 is 29.9 Å². The summed E-state index contributed by atoms with van der Waals surface area (Å²) < 4.78 is 11.0. The Morgan fingerprint density at radius 3 is 2.75 bits per heavy atom. The third-order valence-electron chi connectivity index (χ3n) is 6.76. The molecule has 0 spiro atoms. The van der Waals surface area contributed by atoms with E-state index in [-0.39, 0.29) is 24.0 Å². The minimum absolute atomic E-state index is 0. The van der Waals surface area contributed by atoms with Crippen LogP contribution in [-0.4, -0.2) is 62.8 Å². The van der Waals surface area contributed by atoms with E-state index in [2.05, 4.69) is 29.4 Å². The molecule has 7 heteroatoms. The Kier molecular flexibility index (Phi) is 13.7. The summed E-state index contributed by atoms with van der Waals surface area (Å²) in [5.41, 5.74) is 0. The van der Waals surface area contributed by atoms with Crippen LogP contribution in [-0.2, 0) is 11.2 Å². The molecule has 0 bridgehead atoms. The second-order valence-electron chi connectivity index (χ2n) is 9.31. The molecule has 6 nitrogen and oxygen atoms in total. The second-order valence-corrected chi connectivity index (χ2v) is 9.31. The average Bonchev–Trinajstić information content (AvgIpc) is 3.49. The van der Waals surface area contributed by atoms with Crippen molar-refractivity contribution < 1.29 is 9.15 Å². The Balaban J connectivity index is 0.00000363. The van der Waals surface area contributed by atoms with Crippen LogP contribution in [0, 0.1) is 11.8 Å². The van der Waals surface area contributed by atoms with E-state index >= 15 is 0 Å². The van der Waals surface area contributed by atoms with Gasteiger partial charge >= 0.3 is 0 Å². The van der Waals surface area contributed by atoms with Gasteiger partial charge in [0.25, 0.3) is 0 Å². The maximum absolute atomic E-state index is 5.55. The first kappa shape index (κ1) is 27.4. The van der Waals surface area contributed by atoms with Crippen LogP contribution in [0.4, 0.5) is 0 Å². The van der Waals surface area contributed by atoms with Gasteiger partial charge < -0.3 is 24.7 Å². The highest BCUT2D eigenvalue weighted by Crippen LogP contribution is 2.18. The molecule has 3 heterocycles. The molecule has 184 valence electrons. The predicted octanol–water partition coefficient (Wildman–Crippen LogP) is 4.69. The summed E-state index contributed by atoms with van der Waals surface area (Å²) in [6.45, 7) is 11.7. The summed E-state index contributed by atoms with van der Waals surface area (Å²) in [6, 6.07) is 4.49. The molecule has 2 aliphatic heterocycles. The summed E-state index contributed by atoms with van der Waals surface area (Å²) in [4.78, 5) is 7.62. The molecule has 0 amide bonds. The number of halogens is 1. The lowest BCUT2D eigenvalue weighted by molar-refractivity contribution is 0.150. The van der Waals surface area contributed by atoms with Crippen molar-refractivity contribution in [2.45, 2.75) is 71.3 Å². The van der Waals surface area contributed by atoms with Gasteiger partial charge in [0.1, 0.15) is 5.76 Å². The SMILES string of the molecule is CCCCC(CC)CN=C(NCCc1ccco1)NC1CCN(CC2CCOC2)CC1.I. The van der Waals surface area contributed by atoms with E-state index in [4.69, 9.17) is 14.1 Å². The predicted molar refractivity (Wildman–Crippen MR) is 143 cm³/mol. The fourth-order valence-corrected chi connectivity index (χ4v) is 4.59. The van der Waals surface area contributed by atoms with Crippen LogP contribution in [0.15, 0.2) is 27.8 Å². The normalized spacial score (nSPS) is 21.3. The molecular formula is C25H45IN4O2. The molecule has 2 saturated heterocycles. The van der Waals surface area contributed by atoms with Crippen molar-refractivity contribution in [2.24, 2.45) is 16.8 Å². The third-order valence-corrected chi connectivity index (χ3v) is 6.76. The number of furan rings is 1. The highest BCUT2D eigenvalue weighted by Gasteiger charge is 2.24. The summed E-state index contributed by atoms with van der Waals surface area (Å²) in [5.74, 6) is 3.41. The van der Waals surface area contributed by atoms with E-state index in [1.807, 2.05) is 12.1 Å². The molecule has 1 aromatic rings. The van der Waals surface area contributed by atoms with E-state index < -0.39 is 0 Å². The van der Waals surface area contributed by atoms with Crippen LogP contribution in [0.1, 0.15) is 64.6 Å². The number of piperidine rings is 1. The highest BCUT2D eigenvalue weighted by molar-refractivity contribution is 14.0. The molecule has 0 aromatic carbocycles. The number of likely N-dealkylation sites (tertiary alicyclic amines) is 1. The Labute approximate surface area is 212 Å². The van der Waals surface area contributed by atoms with Crippen molar-refractivity contribution in [3.8, 4) is 0 Å². The van der Waals surface area contributed by atoms with E-state index in [0.717, 1.165) is 50.4 Å². The lowest BCUT2D eigenvalue weighted by atomic mass is 10.00. The first-order valence-corrected chi connectivity index (χ1v) is 12.6. The Morgan fingerprint density at radius 2 is 2.09 bits per heavy atom. The molecule has 2 fully saturated rings. The molecule has 0 aliphatic carbocycles. The number of hydrogen-bond donors (Lipinski definition) is 2. The van der Waals surface area contributed by atoms with Gasteiger partial charge in [0.15, 0.2) is 5.96 Å². The maximum Gasteiger partial charge on any atom is 0.191 e. The van der Waals surface area contributed by atoms with Gasteiger partial charge in [0.05, 0.1) is 12.9 Å². The molecule has 2 N–H and O–H groups in total. The third kappa shape index (κ3) is 10.00. The van der Waals surface area contributed by atoms with Crippen molar-refractivity contribution in [3.05, 3.63) is 24.2 Å². The van der Waals surface area contributed by atoms with Gasteiger partial charge in [0, 0.05) is 51.8 Å². The molecule has 1 aromatic heterocycles. The molecule has 2 aliphatic rings. The number of nitrogens with zero attached hydrogens (tertiary/aromatic N) is 2.